The van der Waals surface area contributed by atoms with Gasteiger partial charge in [-0.1, -0.05) is 202 Å². The van der Waals surface area contributed by atoms with Crippen molar-refractivity contribution in [3.8, 4) is 0 Å². The smallest absolute Gasteiger partial charge is 0.306 e. The van der Waals surface area contributed by atoms with E-state index in [-0.39, 0.29) is 24.0 Å². The third-order valence-corrected chi connectivity index (χ3v) is 11.6. The van der Waals surface area contributed by atoms with E-state index >= 15 is 0 Å². The number of unbranched alkanes of at least 4 members (excludes halogenated alkanes) is 24. The molecule has 2 rings (SSSR count). The fourth-order valence-corrected chi connectivity index (χ4v) is 7.84. The Balaban J connectivity index is 1.39. The molecule has 0 aliphatic rings. The Morgan fingerprint density at radius 3 is 1.03 bits per heavy atom. The zero-order valence-electron chi connectivity index (χ0n) is 38.5. The van der Waals surface area contributed by atoms with Crippen molar-refractivity contribution in [1.29, 1.82) is 0 Å². The molecule has 0 atom stereocenters. The number of nitrogens with zero attached hydrogens (tertiary/aromatic N) is 1. The molecule has 0 N–H and O–H groups in total. The van der Waals surface area contributed by atoms with Gasteiger partial charge in [-0.2, -0.15) is 0 Å². The number of hydrogen-bond acceptors (Lipinski definition) is 7. The first-order chi connectivity index (χ1) is 29.4. The second kappa shape index (κ2) is 38.7. The lowest BCUT2D eigenvalue weighted by atomic mass is 10.0. The highest BCUT2D eigenvalue weighted by Gasteiger charge is 2.14. The van der Waals surface area contributed by atoms with Gasteiger partial charge < -0.3 is 19.1 Å². The van der Waals surface area contributed by atoms with Gasteiger partial charge in [0.05, 0.1) is 0 Å². The van der Waals surface area contributed by atoms with Gasteiger partial charge in [0.25, 0.3) is 0 Å². The first kappa shape index (κ1) is 52.9. The van der Waals surface area contributed by atoms with Crippen molar-refractivity contribution in [2.75, 3.05) is 20.6 Å². The highest BCUT2D eigenvalue weighted by Crippen LogP contribution is 2.20. The highest BCUT2D eigenvalue weighted by molar-refractivity contribution is 5.70. The molecule has 60 heavy (non-hydrogen) atoms. The van der Waals surface area contributed by atoms with Gasteiger partial charge >= 0.3 is 17.9 Å². The highest BCUT2D eigenvalue weighted by atomic mass is 16.5. The van der Waals surface area contributed by atoms with Crippen molar-refractivity contribution in [3.05, 3.63) is 71.8 Å². The van der Waals surface area contributed by atoms with Crippen molar-refractivity contribution in [2.45, 2.75) is 225 Å². The van der Waals surface area contributed by atoms with E-state index in [4.69, 9.17) is 14.2 Å². The van der Waals surface area contributed by atoms with E-state index in [0.29, 0.717) is 32.5 Å². The van der Waals surface area contributed by atoms with E-state index in [9.17, 15) is 14.4 Å². The molecule has 0 amide bonds. The summed E-state index contributed by atoms with van der Waals surface area (Å²) >= 11 is 0. The van der Waals surface area contributed by atoms with Crippen LogP contribution in [0.15, 0.2) is 60.7 Å². The lowest BCUT2D eigenvalue weighted by molar-refractivity contribution is -0.150. The third-order valence-electron chi connectivity index (χ3n) is 11.6. The minimum atomic E-state index is -0.0824. The van der Waals surface area contributed by atoms with Crippen molar-refractivity contribution < 1.29 is 28.6 Å². The maximum absolute atomic E-state index is 12.6. The van der Waals surface area contributed by atoms with Crippen LogP contribution in [0.4, 0.5) is 0 Å². The van der Waals surface area contributed by atoms with Gasteiger partial charge in [-0.3, -0.25) is 14.4 Å². The molecule has 0 spiro atoms. The van der Waals surface area contributed by atoms with Gasteiger partial charge in [0, 0.05) is 19.3 Å². The summed E-state index contributed by atoms with van der Waals surface area (Å²) in [6.45, 7) is 1.67. The lowest BCUT2D eigenvalue weighted by Crippen LogP contribution is -2.20. The topological polar surface area (TPSA) is 82.1 Å². The van der Waals surface area contributed by atoms with Crippen LogP contribution in [0.5, 0.6) is 0 Å². The van der Waals surface area contributed by atoms with E-state index in [0.717, 1.165) is 75.5 Å². The van der Waals surface area contributed by atoms with E-state index < -0.39 is 0 Å². The molecule has 0 aromatic heterocycles. The normalized spacial score (nSPS) is 11.3. The van der Waals surface area contributed by atoms with Crippen LogP contribution in [0.3, 0.4) is 0 Å². The average molecular weight is 834 g/mol. The molecule has 0 heterocycles. The first-order valence-electron chi connectivity index (χ1n) is 24.7. The van der Waals surface area contributed by atoms with Crippen LogP contribution in [-0.2, 0) is 41.8 Å². The Hall–Kier alpha value is -3.19. The predicted octanol–water partition coefficient (Wildman–Crippen LogP) is 14.4. The summed E-state index contributed by atoms with van der Waals surface area (Å²) in [4.78, 5) is 38.7. The molecule has 2 aromatic carbocycles. The molecule has 0 bridgehead atoms. The van der Waals surface area contributed by atoms with Crippen molar-refractivity contribution in [2.24, 2.45) is 0 Å². The minimum Gasteiger partial charge on any atom is -0.462 e. The van der Waals surface area contributed by atoms with Gasteiger partial charge in [-0.15, -0.1) is 0 Å². The van der Waals surface area contributed by atoms with Crippen LogP contribution in [0.1, 0.15) is 217 Å². The molecule has 0 saturated heterocycles. The number of carbonyl (C=O) groups excluding carboxylic acids is 3. The summed E-state index contributed by atoms with van der Waals surface area (Å²) in [6, 6.07) is 19.8. The summed E-state index contributed by atoms with van der Waals surface area (Å²) in [6.07, 6.45) is 36.8. The molecule has 7 nitrogen and oxygen atoms in total. The Morgan fingerprint density at radius 2 is 0.700 bits per heavy atom. The number of hydrogen-bond donors (Lipinski definition) is 0. The summed E-state index contributed by atoms with van der Waals surface area (Å²) in [5, 5.41) is 0. The van der Waals surface area contributed by atoms with Gasteiger partial charge in [0.15, 0.2) is 0 Å². The largest absolute Gasteiger partial charge is 0.462 e. The van der Waals surface area contributed by atoms with Crippen LogP contribution in [0.25, 0.3) is 0 Å². The lowest BCUT2D eigenvalue weighted by Gasteiger charge is -2.18. The van der Waals surface area contributed by atoms with Gasteiger partial charge in [0.1, 0.15) is 19.3 Å². The van der Waals surface area contributed by atoms with Gasteiger partial charge in [-0.25, -0.2) is 0 Å². The number of esters is 3. The summed E-state index contributed by atoms with van der Waals surface area (Å²) in [5.74, 6) is -0.178. The number of benzene rings is 2. The Labute approximate surface area is 367 Å². The molecule has 0 aliphatic carbocycles. The molecule has 0 fully saturated rings. The number of ether oxygens (including phenoxy) is 3. The van der Waals surface area contributed by atoms with Gasteiger partial charge in [-0.05, 0) is 76.7 Å². The van der Waals surface area contributed by atoms with Crippen LogP contribution < -0.4 is 0 Å². The quantitative estimate of drug-likeness (QED) is 0.0375. The second-order valence-electron chi connectivity index (χ2n) is 17.6. The standard InChI is InChI=1S/C53H87NO6/c1-54(2)45-35-44-53(57)60-50(40-31-21-17-13-9-5-3-7-11-15-19-23-33-42-51(55)58-46-48-36-27-25-28-37-48)41-32-22-18-14-10-6-4-8-12-16-20-24-34-43-52(56)59-47-49-38-29-26-30-39-49/h25-30,36-39,50H,3-24,31-35,40-47H2,1-2H3. The maximum Gasteiger partial charge on any atom is 0.306 e. The third kappa shape index (κ3) is 33.5. The van der Waals surface area contributed by atoms with E-state index in [1.54, 1.807) is 0 Å². The Bertz CT molecular complexity index is 1200. The maximum atomic E-state index is 12.6. The molecule has 340 valence electrons. The van der Waals surface area contributed by atoms with E-state index in [1.807, 2.05) is 60.7 Å². The Kier molecular flexibility index (Phi) is 34.2. The molecule has 0 radical (unpaired) electrons. The van der Waals surface area contributed by atoms with Crippen molar-refractivity contribution in [3.63, 3.8) is 0 Å². The molecule has 0 saturated carbocycles. The van der Waals surface area contributed by atoms with Crippen LogP contribution in [0, 0.1) is 0 Å². The van der Waals surface area contributed by atoms with Crippen LogP contribution >= 0.6 is 0 Å². The fraction of sp³-hybridized carbons (Fsp3) is 0.717. The SMILES string of the molecule is CN(C)CCCC(=O)OC(CCCCCCCCCCCCCCCC(=O)OCc1ccccc1)CCCCCCCCCCCCCCCC(=O)OCc1ccccc1. The molecular weight excluding hydrogens is 747 g/mol. The molecule has 2 aromatic rings. The van der Waals surface area contributed by atoms with Crippen LogP contribution in [0.2, 0.25) is 0 Å². The van der Waals surface area contributed by atoms with Crippen molar-refractivity contribution >= 4 is 17.9 Å². The molecule has 7 heteroatoms. The monoisotopic (exact) mass is 834 g/mol. The van der Waals surface area contributed by atoms with Crippen molar-refractivity contribution in [1.82, 2.24) is 4.90 Å². The summed E-state index contributed by atoms with van der Waals surface area (Å²) in [5.41, 5.74) is 2.08. The summed E-state index contributed by atoms with van der Waals surface area (Å²) in [7, 11) is 4.10. The second-order valence-corrected chi connectivity index (χ2v) is 17.6. The van der Waals surface area contributed by atoms with E-state index in [1.165, 1.54) is 128 Å². The fourth-order valence-electron chi connectivity index (χ4n) is 7.84. The molecule has 0 aliphatic heterocycles. The molecule has 0 unspecified atom stereocenters. The van der Waals surface area contributed by atoms with Gasteiger partial charge in [0.2, 0.25) is 0 Å². The zero-order chi connectivity index (χ0) is 43.0. The van der Waals surface area contributed by atoms with E-state index in [2.05, 4.69) is 19.0 Å². The number of carbonyl (C=O) groups is 3. The average Bonchev–Trinajstić information content (AvgIpc) is 3.25. The zero-order valence-corrected chi connectivity index (χ0v) is 38.5. The predicted molar refractivity (Wildman–Crippen MR) is 249 cm³/mol. The molecular formula is C53H87NO6. The summed E-state index contributed by atoms with van der Waals surface area (Å²) < 4.78 is 16.8. The number of rotatable bonds is 41. The van der Waals surface area contributed by atoms with Crippen LogP contribution in [-0.4, -0.2) is 49.6 Å². The Morgan fingerprint density at radius 1 is 0.400 bits per heavy atom. The first-order valence-corrected chi connectivity index (χ1v) is 24.7. The minimum absolute atomic E-state index is 0.0136.